The topological polar surface area (TPSA) is 118 Å². The molecule has 0 fully saturated rings. The van der Waals surface area contributed by atoms with Crippen molar-refractivity contribution in [3.05, 3.63) is 78.4 Å². The van der Waals surface area contributed by atoms with E-state index in [-0.39, 0.29) is 0 Å². The maximum Gasteiger partial charge on any atom is 0.229 e. The summed E-state index contributed by atoms with van der Waals surface area (Å²) in [6.45, 7) is 0.589. The first-order chi connectivity index (χ1) is 15.5. The van der Waals surface area contributed by atoms with Gasteiger partial charge in [-0.1, -0.05) is 48.5 Å². The fourth-order valence-corrected chi connectivity index (χ4v) is 4.17. The van der Waals surface area contributed by atoms with Gasteiger partial charge in [0.25, 0.3) is 0 Å². The molecule has 5 aromatic rings. The number of aromatic nitrogens is 6. The zero-order valence-electron chi connectivity index (χ0n) is 17.1. The number of hydrogen-bond donors (Lipinski definition) is 2. The van der Waals surface area contributed by atoms with Crippen molar-refractivity contribution in [3.63, 3.8) is 0 Å². The van der Waals surface area contributed by atoms with E-state index in [0.29, 0.717) is 18.1 Å². The second-order valence-electron chi connectivity index (χ2n) is 7.40. The Hall–Kier alpha value is -4.05. The summed E-state index contributed by atoms with van der Waals surface area (Å²) in [4.78, 5) is 4.83. The van der Waals surface area contributed by atoms with Crippen LogP contribution in [0.4, 0.5) is 5.69 Å². The van der Waals surface area contributed by atoms with Crippen LogP contribution in [0.2, 0.25) is 0 Å². The van der Waals surface area contributed by atoms with Crippen molar-refractivity contribution in [2.75, 3.05) is 11.0 Å². The number of nitrogens with zero attached hydrogens (tertiary/aromatic N) is 5. The van der Waals surface area contributed by atoms with Gasteiger partial charge in [-0.25, -0.2) is 13.4 Å². The standard InChI is InChI=1S/C22H19N7O2S/c1-32(30,31)26-18-6-4-5-17(13-18)22-23-19-7-2-3-8-20(19)29(22)14-15-9-11-16(12-10-15)21-24-27-28-25-21/h2-13,26H,14H2,1H3,(H,24,25,27,28). The first-order valence-corrected chi connectivity index (χ1v) is 11.7. The lowest BCUT2D eigenvalue weighted by Gasteiger charge is -2.11. The Morgan fingerprint density at radius 1 is 0.969 bits per heavy atom. The van der Waals surface area contributed by atoms with Gasteiger partial charge in [-0.05, 0) is 35.0 Å². The Labute approximate surface area is 184 Å². The lowest BCUT2D eigenvalue weighted by Crippen LogP contribution is -2.09. The molecule has 0 unspecified atom stereocenters. The third-order valence-electron chi connectivity index (χ3n) is 4.98. The molecule has 0 aliphatic heterocycles. The SMILES string of the molecule is CS(=O)(=O)Nc1cccc(-c2nc3ccccc3n2Cc2ccc(-c3nn[nH]n3)cc2)c1. The highest BCUT2D eigenvalue weighted by Gasteiger charge is 2.14. The van der Waals surface area contributed by atoms with Gasteiger partial charge >= 0.3 is 0 Å². The number of anilines is 1. The fourth-order valence-electron chi connectivity index (χ4n) is 3.62. The number of aromatic amines is 1. The van der Waals surface area contributed by atoms with E-state index in [2.05, 4.69) is 29.9 Å². The van der Waals surface area contributed by atoms with Crippen molar-refractivity contribution in [1.82, 2.24) is 30.2 Å². The number of tetrazole rings is 1. The molecule has 0 amide bonds. The van der Waals surface area contributed by atoms with Gasteiger partial charge in [-0.3, -0.25) is 4.72 Å². The summed E-state index contributed by atoms with van der Waals surface area (Å²) in [5, 5.41) is 14.1. The van der Waals surface area contributed by atoms with Crippen molar-refractivity contribution in [3.8, 4) is 22.8 Å². The van der Waals surface area contributed by atoms with Gasteiger partial charge < -0.3 is 4.57 Å². The van der Waals surface area contributed by atoms with Gasteiger partial charge in [0.05, 0.1) is 17.3 Å². The van der Waals surface area contributed by atoms with Gasteiger partial charge in [-0.15, -0.1) is 10.2 Å². The summed E-state index contributed by atoms with van der Waals surface area (Å²) in [7, 11) is -3.38. The Kier molecular flexibility index (Phi) is 4.91. The molecular formula is C22H19N7O2S. The van der Waals surface area contributed by atoms with Crippen LogP contribution in [0.5, 0.6) is 0 Å². The zero-order valence-corrected chi connectivity index (χ0v) is 17.9. The predicted molar refractivity (Wildman–Crippen MR) is 122 cm³/mol. The monoisotopic (exact) mass is 445 g/mol. The molecule has 0 bridgehead atoms. The second-order valence-corrected chi connectivity index (χ2v) is 9.15. The first kappa shape index (κ1) is 19.9. The minimum Gasteiger partial charge on any atom is -0.319 e. The number of benzene rings is 3. The molecule has 3 aromatic carbocycles. The highest BCUT2D eigenvalue weighted by atomic mass is 32.2. The molecule has 160 valence electrons. The van der Waals surface area contributed by atoms with Crippen LogP contribution in [0, 0.1) is 0 Å². The van der Waals surface area contributed by atoms with Crippen LogP contribution in [0.15, 0.2) is 72.8 Å². The zero-order chi connectivity index (χ0) is 22.1. The maximum atomic E-state index is 11.7. The molecule has 2 aromatic heterocycles. The van der Waals surface area contributed by atoms with E-state index in [1.54, 1.807) is 12.1 Å². The number of rotatable bonds is 6. The van der Waals surface area contributed by atoms with E-state index >= 15 is 0 Å². The van der Waals surface area contributed by atoms with Gasteiger partial charge in [-0.2, -0.15) is 5.21 Å². The molecule has 0 aliphatic rings. The van der Waals surface area contributed by atoms with Gasteiger partial charge in [0.2, 0.25) is 15.8 Å². The minimum atomic E-state index is -3.38. The van der Waals surface area contributed by atoms with E-state index in [9.17, 15) is 8.42 Å². The van der Waals surface area contributed by atoms with Crippen LogP contribution in [0.1, 0.15) is 5.56 Å². The quantitative estimate of drug-likeness (QED) is 0.414. The Morgan fingerprint density at radius 3 is 2.53 bits per heavy atom. The molecule has 0 atom stereocenters. The summed E-state index contributed by atoms with van der Waals surface area (Å²) >= 11 is 0. The van der Waals surface area contributed by atoms with Crippen molar-refractivity contribution in [1.29, 1.82) is 0 Å². The van der Waals surface area contributed by atoms with Crippen molar-refractivity contribution in [2.45, 2.75) is 6.54 Å². The van der Waals surface area contributed by atoms with Crippen LogP contribution in [0.25, 0.3) is 33.8 Å². The third-order valence-corrected chi connectivity index (χ3v) is 5.58. The lowest BCUT2D eigenvalue weighted by molar-refractivity contribution is 0.607. The minimum absolute atomic E-state index is 0.494. The van der Waals surface area contributed by atoms with Gasteiger partial charge in [0, 0.05) is 23.4 Å². The summed E-state index contributed by atoms with van der Waals surface area (Å²) in [5.41, 5.74) is 5.12. The van der Waals surface area contributed by atoms with Gasteiger partial charge in [0.1, 0.15) is 5.82 Å². The van der Waals surface area contributed by atoms with Crippen LogP contribution >= 0.6 is 0 Å². The number of sulfonamides is 1. The first-order valence-electron chi connectivity index (χ1n) is 9.82. The van der Waals surface area contributed by atoms with E-state index in [1.165, 1.54) is 0 Å². The van der Waals surface area contributed by atoms with Crippen LogP contribution in [-0.2, 0) is 16.6 Å². The number of para-hydroxylation sites is 2. The van der Waals surface area contributed by atoms with Crippen molar-refractivity contribution < 1.29 is 8.42 Å². The van der Waals surface area contributed by atoms with Crippen LogP contribution in [-0.4, -0.2) is 44.8 Å². The lowest BCUT2D eigenvalue weighted by atomic mass is 10.1. The van der Waals surface area contributed by atoms with Crippen LogP contribution < -0.4 is 4.72 Å². The molecular weight excluding hydrogens is 426 g/mol. The Balaban J connectivity index is 1.55. The molecule has 0 spiro atoms. The highest BCUT2D eigenvalue weighted by Crippen LogP contribution is 2.28. The normalized spacial score (nSPS) is 11.7. The third kappa shape index (κ3) is 4.08. The van der Waals surface area contributed by atoms with Gasteiger partial charge in [0.15, 0.2) is 0 Å². The maximum absolute atomic E-state index is 11.7. The molecule has 0 radical (unpaired) electrons. The van der Waals surface area contributed by atoms with E-state index < -0.39 is 10.0 Å². The fraction of sp³-hybridized carbons (Fsp3) is 0.0909. The highest BCUT2D eigenvalue weighted by molar-refractivity contribution is 7.92. The summed E-state index contributed by atoms with van der Waals surface area (Å²) in [6.07, 6.45) is 1.13. The smallest absolute Gasteiger partial charge is 0.229 e. The summed E-state index contributed by atoms with van der Waals surface area (Å²) in [5.74, 6) is 1.30. The molecule has 32 heavy (non-hydrogen) atoms. The van der Waals surface area contributed by atoms with E-state index in [0.717, 1.165) is 39.8 Å². The molecule has 0 saturated heterocycles. The summed E-state index contributed by atoms with van der Waals surface area (Å²) < 4.78 is 28.0. The second kappa shape index (κ2) is 7.89. The van der Waals surface area contributed by atoms with Crippen molar-refractivity contribution in [2.24, 2.45) is 0 Å². The Bertz CT molecular complexity index is 1490. The molecule has 2 N–H and O–H groups in total. The molecule has 0 aliphatic carbocycles. The number of H-pyrrole nitrogens is 1. The summed E-state index contributed by atoms with van der Waals surface area (Å²) in [6, 6.07) is 23.1. The predicted octanol–water partition coefficient (Wildman–Crippen LogP) is 3.30. The number of imidazole rings is 1. The largest absolute Gasteiger partial charge is 0.319 e. The van der Waals surface area contributed by atoms with Crippen molar-refractivity contribution >= 4 is 26.7 Å². The molecule has 5 rings (SSSR count). The number of hydrogen-bond acceptors (Lipinski definition) is 6. The Morgan fingerprint density at radius 2 is 1.78 bits per heavy atom. The average molecular weight is 446 g/mol. The van der Waals surface area contributed by atoms with Crippen LogP contribution in [0.3, 0.4) is 0 Å². The molecule has 2 heterocycles. The molecule has 10 heteroatoms. The van der Waals surface area contributed by atoms with E-state index in [1.807, 2.05) is 60.7 Å². The number of nitrogens with one attached hydrogen (secondary N) is 2. The average Bonchev–Trinajstić information content (AvgIpc) is 3.42. The number of fused-ring (bicyclic) bond motifs is 1. The molecule has 9 nitrogen and oxygen atoms in total. The molecule has 0 saturated carbocycles. The van der Waals surface area contributed by atoms with E-state index in [4.69, 9.17) is 4.98 Å².